The van der Waals surface area contributed by atoms with Gasteiger partial charge in [0, 0.05) is 44.0 Å². The van der Waals surface area contributed by atoms with Gasteiger partial charge >= 0.3 is 0 Å². The highest BCUT2D eigenvalue weighted by atomic mass is 35.5. The molecule has 2 aromatic rings. The van der Waals surface area contributed by atoms with Gasteiger partial charge in [0.1, 0.15) is 5.71 Å². The number of halogens is 1. The smallest absolute Gasteiger partial charge is 0.270 e. The number of piperazine rings is 1. The molecule has 0 N–H and O–H groups in total. The minimum atomic E-state index is -3.65. The number of hydrogen-bond donors (Lipinski definition) is 0. The summed E-state index contributed by atoms with van der Waals surface area (Å²) in [4.78, 5) is 27.1. The first-order valence-corrected chi connectivity index (χ1v) is 12.1. The maximum atomic E-state index is 13.0. The fourth-order valence-corrected chi connectivity index (χ4v) is 5.21. The number of aryl methyl sites for hydroxylation is 1. The van der Waals surface area contributed by atoms with E-state index in [1.165, 1.54) is 33.6 Å². The standard InChI is InChI=1S/C22H23ClN4O4S/c1-16-2-6-18(7-3-16)27-21(28)11-10-20(24-27)22(29)25-12-14-26(15-13-25)32(30,31)19-8-4-17(23)5-9-19/h2-9H,10-15H2,1H3. The quantitative estimate of drug-likeness (QED) is 0.681. The van der Waals surface area contributed by atoms with Crippen LogP contribution < -0.4 is 5.01 Å². The van der Waals surface area contributed by atoms with Crippen molar-refractivity contribution in [2.75, 3.05) is 31.2 Å². The molecule has 168 valence electrons. The maximum Gasteiger partial charge on any atom is 0.270 e. The molecule has 2 aliphatic rings. The van der Waals surface area contributed by atoms with Crippen molar-refractivity contribution in [2.45, 2.75) is 24.7 Å². The van der Waals surface area contributed by atoms with Crippen molar-refractivity contribution in [1.82, 2.24) is 9.21 Å². The third-order valence-corrected chi connectivity index (χ3v) is 7.70. The molecule has 8 nitrogen and oxygen atoms in total. The lowest BCUT2D eigenvalue weighted by atomic mass is 10.1. The van der Waals surface area contributed by atoms with Crippen LogP contribution in [0, 0.1) is 6.92 Å². The molecule has 0 radical (unpaired) electrons. The van der Waals surface area contributed by atoms with Crippen molar-refractivity contribution < 1.29 is 18.0 Å². The number of benzene rings is 2. The summed E-state index contributed by atoms with van der Waals surface area (Å²) in [6, 6.07) is 13.4. The average molecular weight is 475 g/mol. The molecule has 10 heteroatoms. The molecular formula is C22H23ClN4O4S. The van der Waals surface area contributed by atoms with Crippen LogP contribution in [0.5, 0.6) is 0 Å². The third kappa shape index (κ3) is 4.55. The summed E-state index contributed by atoms with van der Waals surface area (Å²) in [5.41, 5.74) is 1.98. The highest BCUT2D eigenvalue weighted by molar-refractivity contribution is 7.89. The van der Waals surface area contributed by atoms with Crippen molar-refractivity contribution in [1.29, 1.82) is 0 Å². The lowest BCUT2D eigenvalue weighted by Crippen LogP contribution is -2.52. The molecule has 2 aliphatic heterocycles. The van der Waals surface area contributed by atoms with Gasteiger partial charge < -0.3 is 4.90 Å². The lowest BCUT2D eigenvalue weighted by Gasteiger charge is -2.35. The molecule has 0 atom stereocenters. The van der Waals surface area contributed by atoms with E-state index in [-0.39, 0.29) is 55.7 Å². The molecule has 0 spiro atoms. The summed E-state index contributed by atoms with van der Waals surface area (Å²) in [6.45, 7) is 2.83. The molecule has 4 rings (SSSR count). The summed E-state index contributed by atoms with van der Waals surface area (Å²) in [6.07, 6.45) is 0.465. The first-order valence-electron chi connectivity index (χ1n) is 10.3. The number of hydrazone groups is 1. The second kappa shape index (κ2) is 9.01. The zero-order chi connectivity index (χ0) is 22.9. The van der Waals surface area contributed by atoms with Gasteiger partial charge in [0.2, 0.25) is 15.9 Å². The van der Waals surface area contributed by atoms with Gasteiger partial charge in [-0.05, 0) is 43.3 Å². The molecule has 1 fully saturated rings. The molecule has 0 bridgehead atoms. The normalized spacial score (nSPS) is 17.9. The molecule has 1 saturated heterocycles. The molecule has 0 saturated carbocycles. The van der Waals surface area contributed by atoms with Gasteiger partial charge in [0.25, 0.3) is 5.91 Å². The minimum Gasteiger partial charge on any atom is -0.335 e. The highest BCUT2D eigenvalue weighted by Gasteiger charge is 2.33. The number of amides is 2. The van der Waals surface area contributed by atoms with Crippen LogP contribution in [0.25, 0.3) is 0 Å². The van der Waals surface area contributed by atoms with Gasteiger partial charge in [0.05, 0.1) is 10.6 Å². The van der Waals surface area contributed by atoms with E-state index < -0.39 is 10.0 Å². The van der Waals surface area contributed by atoms with Crippen molar-refractivity contribution in [3.63, 3.8) is 0 Å². The Labute approximate surface area is 192 Å². The van der Waals surface area contributed by atoms with Crippen LogP contribution in [0.1, 0.15) is 18.4 Å². The Morgan fingerprint density at radius 2 is 1.56 bits per heavy atom. The molecular weight excluding hydrogens is 452 g/mol. The zero-order valence-electron chi connectivity index (χ0n) is 17.6. The number of carbonyl (C=O) groups excluding carboxylic acids is 2. The predicted octanol–water partition coefficient (Wildman–Crippen LogP) is 2.66. The van der Waals surface area contributed by atoms with Crippen LogP contribution in [0.2, 0.25) is 5.02 Å². The lowest BCUT2D eigenvalue weighted by molar-refractivity contribution is -0.125. The summed E-state index contributed by atoms with van der Waals surface area (Å²) >= 11 is 5.85. The summed E-state index contributed by atoms with van der Waals surface area (Å²) in [7, 11) is -3.65. The van der Waals surface area contributed by atoms with E-state index in [2.05, 4.69) is 5.10 Å². The summed E-state index contributed by atoms with van der Waals surface area (Å²) in [5.74, 6) is -0.428. The number of anilines is 1. The second-order valence-electron chi connectivity index (χ2n) is 7.74. The number of nitrogens with zero attached hydrogens (tertiary/aromatic N) is 4. The monoisotopic (exact) mass is 474 g/mol. The SMILES string of the molecule is Cc1ccc(N2N=C(C(=O)N3CCN(S(=O)(=O)c4ccc(Cl)cc4)CC3)CCC2=O)cc1. The van der Waals surface area contributed by atoms with E-state index in [1.807, 2.05) is 19.1 Å². The van der Waals surface area contributed by atoms with Crippen molar-refractivity contribution in [2.24, 2.45) is 5.10 Å². The topological polar surface area (TPSA) is 90.4 Å². The van der Waals surface area contributed by atoms with Gasteiger partial charge in [-0.3, -0.25) is 9.59 Å². The first kappa shape index (κ1) is 22.4. The largest absolute Gasteiger partial charge is 0.335 e. The Hall–Kier alpha value is -2.75. The van der Waals surface area contributed by atoms with Crippen LogP contribution in [-0.4, -0.2) is 61.3 Å². The summed E-state index contributed by atoms with van der Waals surface area (Å²) in [5, 5.41) is 6.07. The molecule has 0 aromatic heterocycles. The van der Waals surface area contributed by atoms with Gasteiger partial charge in [-0.15, -0.1) is 0 Å². The van der Waals surface area contributed by atoms with E-state index >= 15 is 0 Å². The fourth-order valence-electron chi connectivity index (χ4n) is 3.66. The Morgan fingerprint density at radius 1 is 0.938 bits per heavy atom. The van der Waals surface area contributed by atoms with E-state index in [0.29, 0.717) is 16.4 Å². The number of rotatable bonds is 4. The Kier molecular flexibility index (Phi) is 6.32. The van der Waals surface area contributed by atoms with E-state index in [0.717, 1.165) is 5.56 Å². The van der Waals surface area contributed by atoms with Crippen LogP contribution >= 0.6 is 11.6 Å². The Bertz CT molecular complexity index is 1160. The molecule has 2 heterocycles. The van der Waals surface area contributed by atoms with Gasteiger partial charge in [-0.2, -0.15) is 9.41 Å². The van der Waals surface area contributed by atoms with Crippen LogP contribution in [0.4, 0.5) is 5.69 Å². The Morgan fingerprint density at radius 3 is 2.19 bits per heavy atom. The van der Waals surface area contributed by atoms with E-state index in [9.17, 15) is 18.0 Å². The van der Waals surface area contributed by atoms with E-state index in [4.69, 9.17) is 11.6 Å². The van der Waals surface area contributed by atoms with E-state index in [1.54, 1.807) is 17.0 Å². The predicted molar refractivity (Wildman–Crippen MR) is 122 cm³/mol. The first-order chi connectivity index (χ1) is 15.3. The molecule has 0 aliphatic carbocycles. The third-order valence-electron chi connectivity index (χ3n) is 5.54. The molecule has 0 unspecified atom stereocenters. The minimum absolute atomic E-state index is 0.163. The van der Waals surface area contributed by atoms with Crippen molar-refractivity contribution in [3.05, 3.63) is 59.1 Å². The van der Waals surface area contributed by atoms with Gasteiger partial charge in [-0.25, -0.2) is 13.4 Å². The van der Waals surface area contributed by atoms with Crippen molar-refractivity contribution in [3.8, 4) is 0 Å². The second-order valence-corrected chi connectivity index (χ2v) is 10.1. The van der Waals surface area contributed by atoms with Gasteiger partial charge in [-0.1, -0.05) is 29.3 Å². The van der Waals surface area contributed by atoms with Crippen LogP contribution in [0.3, 0.4) is 0 Å². The number of hydrogen-bond acceptors (Lipinski definition) is 5. The number of sulfonamides is 1. The van der Waals surface area contributed by atoms with Crippen molar-refractivity contribution >= 4 is 44.8 Å². The molecule has 2 amide bonds. The Balaban J connectivity index is 1.45. The fraction of sp³-hybridized carbons (Fsp3) is 0.318. The zero-order valence-corrected chi connectivity index (χ0v) is 19.1. The van der Waals surface area contributed by atoms with Crippen LogP contribution in [-0.2, 0) is 19.6 Å². The molecule has 32 heavy (non-hydrogen) atoms. The van der Waals surface area contributed by atoms with Gasteiger partial charge in [0.15, 0.2) is 0 Å². The van der Waals surface area contributed by atoms with Crippen LogP contribution in [0.15, 0.2) is 58.5 Å². The average Bonchev–Trinajstić information content (AvgIpc) is 2.80. The maximum absolute atomic E-state index is 13.0. The molecule has 2 aromatic carbocycles. The highest BCUT2D eigenvalue weighted by Crippen LogP contribution is 2.23. The summed E-state index contributed by atoms with van der Waals surface area (Å²) < 4.78 is 27.1. The number of carbonyl (C=O) groups is 2.